The molecule has 0 bridgehead atoms. The summed E-state index contributed by atoms with van der Waals surface area (Å²) in [5.41, 5.74) is -0.338. The SMILES string of the molecule is OC1C[C@]12C1=C(C[C@@H]2O)O1. The summed E-state index contributed by atoms with van der Waals surface area (Å²) in [7, 11) is 0. The largest absolute Gasteiger partial charge is 0.458 e. The number of fused-ring (bicyclic) bond motifs is 1. The predicted molar refractivity (Wildman–Crippen MR) is 31.8 cm³/mol. The monoisotopic (exact) mass is 140 g/mol. The standard InChI is InChI=1S/C7H8O3/c8-4-1-3-6(10-3)7(4)2-5(7)9/h4-5,8-9H,1-2H2/t4-,5?,7+/m0/s1. The molecule has 0 aromatic rings. The van der Waals surface area contributed by atoms with Crippen LogP contribution in [0.1, 0.15) is 12.8 Å². The van der Waals surface area contributed by atoms with Crippen molar-refractivity contribution >= 4 is 0 Å². The molecule has 1 heterocycles. The first-order valence-electron chi connectivity index (χ1n) is 3.53. The van der Waals surface area contributed by atoms with Gasteiger partial charge < -0.3 is 14.9 Å². The Morgan fingerprint density at radius 1 is 1.40 bits per heavy atom. The van der Waals surface area contributed by atoms with Gasteiger partial charge in [-0.2, -0.15) is 0 Å². The van der Waals surface area contributed by atoms with Crippen LogP contribution in [0.4, 0.5) is 0 Å². The fourth-order valence-corrected chi connectivity index (χ4v) is 1.96. The molecule has 2 aliphatic carbocycles. The van der Waals surface area contributed by atoms with Crippen LogP contribution in [-0.2, 0) is 4.74 Å². The molecular weight excluding hydrogens is 132 g/mol. The van der Waals surface area contributed by atoms with Crippen LogP contribution >= 0.6 is 0 Å². The fourth-order valence-electron chi connectivity index (χ4n) is 1.96. The number of aliphatic hydroxyl groups is 2. The highest BCUT2D eigenvalue weighted by Crippen LogP contribution is 2.67. The lowest BCUT2D eigenvalue weighted by molar-refractivity contribution is 0.0596. The first kappa shape index (κ1) is 5.16. The highest BCUT2D eigenvalue weighted by molar-refractivity contribution is 5.42. The second-order valence-electron chi connectivity index (χ2n) is 3.33. The molecule has 3 rings (SSSR count). The Morgan fingerprint density at radius 2 is 2.10 bits per heavy atom. The summed E-state index contributed by atoms with van der Waals surface area (Å²) in [6.07, 6.45) is 0.582. The minimum Gasteiger partial charge on any atom is -0.458 e. The minimum absolute atomic E-state index is 0.338. The summed E-state index contributed by atoms with van der Waals surface area (Å²) in [5, 5.41) is 18.6. The van der Waals surface area contributed by atoms with E-state index in [-0.39, 0.29) is 17.6 Å². The molecule has 1 unspecified atom stereocenters. The molecule has 1 saturated carbocycles. The fraction of sp³-hybridized carbons (Fsp3) is 0.714. The van der Waals surface area contributed by atoms with Gasteiger partial charge in [0.05, 0.1) is 17.6 Å². The molecule has 0 saturated heterocycles. The number of ether oxygens (including phenoxy) is 1. The van der Waals surface area contributed by atoms with E-state index in [1.807, 2.05) is 0 Å². The molecule has 3 aliphatic rings. The van der Waals surface area contributed by atoms with E-state index in [9.17, 15) is 10.2 Å². The van der Waals surface area contributed by atoms with E-state index in [1.54, 1.807) is 0 Å². The Hall–Kier alpha value is -0.540. The number of hydrogen-bond donors (Lipinski definition) is 2. The molecule has 54 valence electrons. The van der Waals surface area contributed by atoms with Crippen LogP contribution in [0.25, 0.3) is 0 Å². The summed E-state index contributed by atoms with van der Waals surface area (Å²) in [6.45, 7) is 0. The third kappa shape index (κ3) is 0.336. The van der Waals surface area contributed by atoms with Crippen LogP contribution in [-0.4, -0.2) is 22.4 Å². The van der Waals surface area contributed by atoms with Gasteiger partial charge in [0.25, 0.3) is 0 Å². The van der Waals surface area contributed by atoms with Gasteiger partial charge in [-0.15, -0.1) is 0 Å². The quantitative estimate of drug-likeness (QED) is 0.487. The second-order valence-corrected chi connectivity index (χ2v) is 3.33. The van der Waals surface area contributed by atoms with E-state index in [4.69, 9.17) is 4.74 Å². The highest BCUT2D eigenvalue weighted by atomic mass is 16.6. The Bertz CT molecular complexity index is 245. The maximum atomic E-state index is 9.41. The number of hydrogen-bond acceptors (Lipinski definition) is 3. The molecule has 2 N–H and O–H groups in total. The van der Waals surface area contributed by atoms with Gasteiger partial charge in [-0.1, -0.05) is 0 Å². The van der Waals surface area contributed by atoms with Gasteiger partial charge in [0.2, 0.25) is 0 Å². The molecule has 0 amide bonds. The Morgan fingerprint density at radius 3 is 2.40 bits per heavy atom. The van der Waals surface area contributed by atoms with Crippen molar-refractivity contribution in [2.45, 2.75) is 25.0 Å². The van der Waals surface area contributed by atoms with E-state index in [0.29, 0.717) is 12.8 Å². The third-order valence-electron chi connectivity index (χ3n) is 2.80. The van der Waals surface area contributed by atoms with Crippen molar-refractivity contribution in [2.24, 2.45) is 5.41 Å². The van der Waals surface area contributed by atoms with Gasteiger partial charge in [0.15, 0.2) is 5.76 Å². The summed E-state index contributed by atoms with van der Waals surface area (Å²) < 4.78 is 5.08. The number of rotatable bonds is 0. The van der Waals surface area contributed by atoms with Crippen LogP contribution in [0.2, 0.25) is 0 Å². The first-order chi connectivity index (χ1) is 4.75. The van der Waals surface area contributed by atoms with Crippen LogP contribution in [0.5, 0.6) is 0 Å². The molecule has 0 aromatic heterocycles. The van der Waals surface area contributed by atoms with E-state index < -0.39 is 0 Å². The zero-order valence-electron chi connectivity index (χ0n) is 5.37. The summed E-state index contributed by atoms with van der Waals surface area (Å²) in [5.74, 6) is 1.80. The normalized spacial score (nSPS) is 55.0. The maximum Gasteiger partial charge on any atom is 0.153 e. The molecule has 1 aliphatic heterocycles. The van der Waals surface area contributed by atoms with Gasteiger partial charge in [-0.25, -0.2) is 0 Å². The van der Waals surface area contributed by atoms with E-state index in [0.717, 1.165) is 11.5 Å². The lowest BCUT2D eigenvalue weighted by atomic mass is 10.0. The van der Waals surface area contributed by atoms with Crippen LogP contribution in [0, 0.1) is 5.41 Å². The van der Waals surface area contributed by atoms with Gasteiger partial charge in [0.1, 0.15) is 5.76 Å². The maximum absolute atomic E-state index is 9.41. The molecular formula is C7H8O3. The zero-order valence-corrected chi connectivity index (χ0v) is 5.37. The minimum atomic E-state index is -0.374. The van der Waals surface area contributed by atoms with Crippen LogP contribution in [0.15, 0.2) is 11.5 Å². The van der Waals surface area contributed by atoms with Gasteiger partial charge in [-0.3, -0.25) is 0 Å². The predicted octanol–water partition coefficient (Wildman–Crippen LogP) is -0.256. The molecule has 3 heteroatoms. The molecule has 0 radical (unpaired) electrons. The summed E-state index contributed by atoms with van der Waals surface area (Å²) in [6, 6.07) is 0. The molecule has 1 spiro atoms. The lowest BCUT2D eigenvalue weighted by Crippen LogP contribution is -2.23. The molecule has 0 aromatic carbocycles. The smallest absolute Gasteiger partial charge is 0.153 e. The first-order valence-corrected chi connectivity index (χ1v) is 3.53. The van der Waals surface area contributed by atoms with Crippen molar-refractivity contribution < 1.29 is 14.9 Å². The zero-order chi connectivity index (χ0) is 6.93. The highest BCUT2D eigenvalue weighted by Gasteiger charge is 2.71. The Labute approximate surface area is 57.9 Å². The number of aliphatic hydroxyl groups excluding tert-OH is 2. The van der Waals surface area contributed by atoms with Gasteiger partial charge in [0, 0.05) is 6.42 Å². The second kappa shape index (κ2) is 1.12. The summed E-state index contributed by atoms with van der Waals surface area (Å²) >= 11 is 0. The van der Waals surface area contributed by atoms with Gasteiger partial charge >= 0.3 is 0 Å². The van der Waals surface area contributed by atoms with E-state index in [2.05, 4.69) is 0 Å². The Kier molecular flexibility index (Phi) is 0.580. The summed E-state index contributed by atoms with van der Waals surface area (Å²) in [4.78, 5) is 0. The molecule has 1 fully saturated rings. The molecule has 3 atom stereocenters. The molecule has 3 nitrogen and oxygen atoms in total. The topological polar surface area (TPSA) is 53.0 Å². The van der Waals surface area contributed by atoms with Crippen molar-refractivity contribution in [3.63, 3.8) is 0 Å². The average Bonchev–Trinajstić information content (AvgIpc) is 2.68. The van der Waals surface area contributed by atoms with E-state index in [1.165, 1.54) is 0 Å². The van der Waals surface area contributed by atoms with Crippen molar-refractivity contribution in [1.29, 1.82) is 0 Å². The van der Waals surface area contributed by atoms with Crippen molar-refractivity contribution in [1.82, 2.24) is 0 Å². The van der Waals surface area contributed by atoms with Crippen molar-refractivity contribution in [2.75, 3.05) is 0 Å². The van der Waals surface area contributed by atoms with Crippen molar-refractivity contribution in [3.05, 3.63) is 11.5 Å². The van der Waals surface area contributed by atoms with Gasteiger partial charge in [-0.05, 0) is 6.42 Å². The third-order valence-corrected chi connectivity index (χ3v) is 2.80. The van der Waals surface area contributed by atoms with E-state index >= 15 is 0 Å². The van der Waals surface area contributed by atoms with Crippen LogP contribution < -0.4 is 0 Å². The molecule has 10 heavy (non-hydrogen) atoms. The Balaban J connectivity index is 2.03. The van der Waals surface area contributed by atoms with Crippen LogP contribution in [0.3, 0.4) is 0 Å². The lowest BCUT2D eigenvalue weighted by Gasteiger charge is -2.14. The average molecular weight is 140 g/mol. The van der Waals surface area contributed by atoms with Crippen molar-refractivity contribution in [3.8, 4) is 0 Å².